The molecule has 0 saturated heterocycles. The molecule has 0 radical (unpaired) electrons. The van der Waals surface area contributed by atoms with Crippen LogP contribution in [-0.2, 0) is 9.59 Å². The fourth-order valence-corrected chi connectivity index (χ4v) is 0.804. The van der Waals surface area contributed by atoms with E-state index in [2.05, 4.69) is 0 Å². The number of nitrogens with zero attached hydrogens (tertiary/aromatic N) is 1. The second-order valence-electron chi connectivity index (χ2n) is 2.07. The Kier molecular flexibility index (Phi) is 1.42. The Morgan fingerprint density at radius 2 is 1.80 bits per heavy atom. The van der Waals surface area contributed by atoms with Gasteiger partial charge in [0.25, 0.3) is 0 Å². The van der Waals surface area contributed by atoms with E-state index in [0.717, 1.165) is 12.2 Å². The van der Waals surface area contributed by atoms with Gasteiger partial charge in [-0.3, -0.25) is 0 Å². The van der Waals surface area contributed by atoms with Gasteiger partial charge in [0.05, 0.1) is 18.7 Å². The zero-order valence-corrected chi connectivity index (χ0v) is 5.53. The van der Waals surface area contributed by atoms with Crippen LogP contribution in [0.1, 0.15) is 6.92 Å². The van der Waals surface area contributed by atoms with E-state index in [1.165, 1.54) is 6.92 Å². The molecule has 4 nitrogen and oxygen atoms in total. The number of amides is 2. The molecule has 0 bridgehead atoms. The van der Waals surface area contributed by atoms with Crippen molar-refractivity contribution in [2.24, 2.45) is 0 Å². The van der Waals surface area contributed by atoms with E-state index in [9.17, 15) is 14.8 Å². The summed E-state index contributed by atoms with van der Waals surface area (Å²) in [4.78, 5) is 21.4. The molecule has 1 rings (SSSR count). The molecule has 0 saturated carbocycles. The van der Waals surface area contributed by atoms with Gasteiger partial charge in [-0.25, -0.2) is 14.2 Å². The van der Waals surface area contributed by atoms with E-state index < -0.39 is 16.5 Å². The van der Waals surface area contributed by atoms with E-state index in [4.69, 9.17) is 0 Å². The first-order chi connectivity index (χ1) is 4.61. The molecule has 0 unspecified atom stereocenters. The summed E-state index contributed by atoms with van der Waals surface area (Å²) in [5.41, 5.74) is 0. The Balaban J connectivity index is 2.98. The average molecular weight is 141 g/mol. The maximum Gasteiger partial charge on any atom is 0.346 e. The number of likely N-dealkylation sites (N-methyl/N-ethyl adjacent to an activating group) is 1. The molecule has 0 spiro atoms. The molecule has 2 amide bonds. The predicted octanol–water partition coefficient (Wildman–Crippen LogP) is -0.0561. The van der Waals surface area contributed by atoms with Gasteiger partial charge in [-0.1, -0.05) is 0 Å². The second-order valence-corrected chi connectivity index (χ2v) is 2.07. The lowest BCUT2D eigenvalue weighted by Crippen LogP contribution is -2.47. The summed E-state index contributed by atoms with van der Waals surface area (Å²) in [5.74, 6) is -1.35. The fourth-order valence-electron chi connectivity index (χ4n) is 0.804. The first kappa shape index (κ1) is 7.11. The standard InChI is InChI=1S/C6H7NO3/c1-2-7(10)5(8)3-4-6(7)9/h3-4H,2H2,1H3. The maximum absolute atomic E-state index is 11.1. The predicted molar refractivity (Wildman–Crippen MR) is 33.3 cm³/mol. The zero-order chi connectivity index (χ0) is 7.78. The lowest BCUT2D eigenvalue weighted by molar-refractivity contribution is -0.715. The fraction of sp³-hybridized carbons (Fsp3) is 0.333. The molecule has 1 heterocycles. The van der Waals surface area contributed by atoms with Gasteiger partial charge in [-0.15, -0.1) is 0 Å². The number of hydroxylamine groups is 3. The smallest absolute Gasteiger partial charge is 0.346 e. The third kappa shape index (κ3) is 0.698. The molecule has 0 fully saturated rings. The minimum Gasteiger partial charge on any atom is -0.617 e. The number of imide groups is 1. The summed E-state index contributed by atoms with van der Waals surface area (Å²) in [7, 11) is 0. The molecule has 1 aliphatic heterocycles. The van der Waals surface area contributed by atoms with E-state index in [1.54, 1.807) is 0 Å². The van der Waals surface area contributed by atoms with Crippen LogP contribution in [0.25, 0.3) is 0 Å². The van der Waals surface area contributed by atoms with Crippen LogP contribution < -0.4 is 0 Å². The highest BCUT2D eigenvalue weighted by Gasteiger charge is 2.35. The summed E-state index contributed by atoms with van der Waals surface area (Å²) in [5, 5.41) is 11.1. The Morgan fingerprint density at radius 1 is 1.40 bits per heavy atom. The number of quaternary nitrogens is 1. The summed E-state index contributed by atoms with van der Waals surface area (Å²) < 4.78 is -1.35. The Morgan fingerprint density at radius 3 is 2.00 bits per heavy atom. The van der Waals surface area contributed by atoms with E-state index in [0.29, 0.717) is 0 Å². The van der Waals surface area contributed by atoms with Gasteiger partial charge in [-0.2, -0.15) is 0 Å². The normalized spacial score (nSPS) is 22.2. The topological polar surface area (TPSA) is 57.2 Å². The first-order valence-electron chi connectivity index (χ1n) is 2.97. The summed E-state index contributed by atoms with van der Waals surface area (Å²) >= 11 is 0. The van der Waals surface area contributed by atoms with Crippen LogP contribution in [-0.4, -0.2) is 23.0 Å². The maximum atomic E-state index is 11.1. The van der Waals surface area contributed by atoms with Crippen LogP contribution in [0.4, 0.5) is 0 Å². The molecule has 10 heavy (non-hydrogen) atoms. The molecule has 0 aromatic rings. The van der Waals surface area contributed by atoms with Crippen LogP contribution >= 0.6 is 0 Å². The van der Waals surface area contributed by atoms with Crippen molar-refractivity contribution in [3.8, 4) is 0 Å². The van der Waals surface area contributed by atoms with Crippen molar-refractivity contribution < 1.29 is 14.2 Å². The molecule has 1 aliphatic rings. The quantitative estimate of drug-likeness (QED) is 0.292. The monoisotopic (exact) mass is 141 g/mol. The molecular weight excluding hydrogens is 134 g/mol. The molecule has 4 heteroatoms. The van der Waals surface area contributed by atoms with Gasteiger partial charge in [0.2, 0.25) is 0 Å². The van der Waals surface area contributed by atoms with Crippen LogP contribution in [0.2, 0.25) is 0 Å². The third-order valence-electron chi connectivity index (χ3n) is 1.53. The molecule has 0 aromatic carbocycles. The molecule has 54 valence electrons. The van der Waals surface area contributed by atoms with Crippen molar-refractivity contribution in [1.82, 2.24) is 0 Å². The Bertz CT molecular complexity index is 201. The van der Waals surface area contributed by atoms with Crippen LogP contribution in [0.5, 0.6) is 0 Å². The molecule has 0 aromatic heterocycles. The lowest BCUT2D eigenvalue weighted by Gasteiger charge is -2.30. The van der Waals surface area contributed by atoms with E-state index in [-0.39, 0.29) is 6.54 Å². The van der Waals surface area contributed by atoms with E-state index >= 15 is 0 Å². The van der Waals surface area contributed by atoms with Crippen molar-refractivity contribution in [3.05, 3.63) is 17.4 Å². The van der Waals surface area contributed by atoms with Crippen molar-refractivity contribution in [3.63, 3.8) is 0 Å². The van der Waals surface area contributed by atoms with E-state index in [1.807, 2.05) is 0 Å². The van der Waals surface area contributed by atoms with Crippen molar-refractivity contribution in [2.75, 3.05) is 6.54 Å². The third-order valence-corrected chi connectivity index (χ3v) is 1.53. The van der Waals surface area contributed by atoms with Gasteiger partial charge in [0.1, 0.15) is 0 Å². The number of carbonyl (C=O) groups is 2. The van der Waals surface area contributed by atoms with Crippen molar-refractivity contribution >= 4 is 11.8 Å². The zero-order valence-electron chi connectivity index (χ0n) is 5.53. The number of carbonyl (C=O) groups excluding carboxylic acids is 2. The summed E-state index contributed by atoms with van der Waals surface area (Å²) in [6.45, 7) is 1.49. The van der Waals surface area contributed by atoms with Crippen LogP contribution in [0.3, 0.4) is 0 Å². The van der Waals surface area contributed by atoms with Crippen molar-refractivity contribution in [1.29, 1.82) is 0 Å². The largest absolute Gasteiger partial charge is 0.617 e. The Labute approximate surface area is 57.9 Å². The minimum atomic E-state index is -1.35. The summed E-state index contributed by atoms with van der Waals surface area (Å²) in [6.07, 6.45) is 2.05. The molecule has 0 atom stereocenters. The Hall–Kier alpha value is -1.00. The highest BCUT2D eigenvalue weighted by atomic mass is 16.6. The lowest BCUT2D eigenvalue weighted by atomic mass is 10.5. The number of rotatable bonds is 1. The SMILES string of the molecule is CC[N+]1([O-])C(=O)C=CC1=O. The highest BCUT2D eigenvalue weighted by Crippen LogP contribution is 2.13. The highest BCUT2D eigenvalue weighted by molar-refractivity contribution is 6.04. The summed E-state index contributed by atoms with van der Waals surface area (Å²) in [6, 6.07) is 0. The van der Waals surface area contributed by atoms with Crippen LogP contribution in [0.15, 0.2) is 12.2 Å². The van der Waals surface area contributed by atoms with Gasteiger partial charge in [0.15, 0.2) is 0 Å². The first-order valence-corrected chi connectivity index (χ1v) is 2.97. The van der Waals surface area contributed by atoms with Crippen LogP contribution in [0, 0.1) is 5.21 Å². The van der Waals surface area contributed by atoms with Gasteiger partial charge in [0, 0.05) is 0 Å². The number of hydrogen-bond donors (Lipinski definition) is 0. The van der Waals surface area contributed by atoms with Gasteiger partial charge >= 0.3 is 11.8 Å². The molecule has 0 N–H and O–H groups in total. The molecular formula is C6H7NO3. The second kappa shape index (κ2) is 2.00. The van der Waals surface area contributed by atoms with Gasteiger partial charge in [-0.05, 0) is 6.92 Å². The number of hydrogen-bond acceptors (Lipinski definition) is 3. The van der Waals surface area contributed by atoms with Crippen molar-refractivity contribution in [2.45, 2.75) is 6.92 Å². The molecule has 0 aliphatic carbocycles. The van der Waals surface area contributed by atoms with Gasteiger partial charge < -0.3 is 5.21 Å². The average Bonchev–Trinajstić information content (AvgIpc) is 2.18. The minimum absolute atomic E-state index is 0.0231.